The van der Waals surface area contributed by atoms with Crippen LogP contribution in [-0.2, 0) is 4.79 Å². The van der Waals surface area contributed by atoms with Gasteiger partial charge < -0.3 is 14.9 Å². The number of nitrogens with one attached hydrogen (secondary N) is 1. The van der Waals surface area contributed by atoms with Gasteiger partial charge in [-0.15, -0.1) is 0 Å². The molecule has 0 radical (unpaired) electrons. The van der Waals surface area contributed by atoms with E-state index in [1.807, 2.05) is 0 Å². The summed E-state index contributed by atoms with van der Waals surface area (Å²) in [5.41, 5.74) is -0.985. The predicted octanol–water partition coefficient (Wildman–Crippen LogP) is 2.71. The van der Waals surface area contributed by atoms with Gasteiger partial charge in [-0.2, -0.15) is 0 Å². The summed E-state index contributed by atoms with van der Waals surface area (Å²) in [6.45, 7) is 2.12. The van der Waals surface area contributed by atoms with Gasteiger partial charge in [0.1, 0.15) is 11.3 Å². The fourth-order valence-corrected chi connectivity index (χ4v) is 3.21. The van der Waals surface area contributed by atoms with Crippen molar-refractivity contribution < 1.29 is 19.2 Å². The minimum absolute atomic E-state index is 0.181. The van der Waals surface area contributed by atoms with Gasteiger partial charge in [-0.3, -0.25) is 4.79 Å². The van der Waals surface area contributed by atoms with E-state index in [1.165, 1.54) is 0 Å². The molecule has 120 valence electrons. The topological polar surface area (TPSA) is 92.4 Å². The number of rotatable bonds is 5. The Morgan fingerprint density at radius 1 is 1.36 bits per heavy atom. The van der Waals surface area contributed by atoms with Gasteiger partial charge in [0.05, 0.1) is 0 Å². The summed E-state index contributed by atoms with van der Waals surface area (Å²) in [4.78, 5) is 24.0. The van der Waals surface area contributed by atoms with Crippen LogP contribution in [0, 0.1) is 5.92 Å². The largest absolute Gasteiger partial charge is 0.480 e. The fraction of sp³-hybridized carbons (Fsp3) is 0.688. The molecule has 1 heterocycles. The summed E-state index contributed by atoms with van der Waals surface area (Å²) in [6.07, 6.45) is 5.78. The second kappa shape index (κ2) is 5.74. The van der Waals surface area contributed by atoms with Crippen molar-refractivity contribution >= 4 is 11.9 Å². The Balaban J connectivity index is 1.70. The Hall–Kier alpha value is -1.85. The van der Waals surface area contributed by atoms with Gasteiger partial charge in [0.15, 0.2) is 5.69 Å². The zero-order chi connectivity index (χ0) is 15.7. The molecular weight excluding hydrogens is 284 g/mol. The summed E-state index contributed by atoms with van der Waals surface area (Å²) in [5, 5.41) is 16.1. The first kappa shape index (κ1) is 15.1. The van der Waals surface area contributed by atoms with Crippen molar-refractivity contribution in [2.75, 3.05) is 0 Å². The van der Waals surface area contributed by atoms with E-state index in [-0.39, 0.29) is 5.69 Å². The van der Waals surface area contributed by atoms with Gasteiger partial charge in [0.2, 0.25) is 0 Å². The summed E-state index contributed by atoms with van der Waals surface area (Å²) in [5.74, 6) is 0.249. The number of hydrogen-bond donors (Lipinski definition) is 2. The Morgan fingerprint density at radius 3 is 2.59 bits per heavy atom. The molecule has 2 aliphatic carbocycles. The van der Waals surface area contributed by atoms with E-state index >= 15 is 0 Å². The number of aliphatic carboxylic acids is 1. The number of carboxylic acid groups (broad SMARTS) is 1. The van der Waals surface area contributed by atoms with Crippen LogP contribution in [0.15, 0.2) is 10.6 Å². The third kappa shape index (κ3) is 2.87. The van der Waals surface area contributed by atoms with E-state index in [4.69, 9.17) is 4.52 Å². The third-order valence-electron chi connectivity index (χ3n) is 5.04. The number of carboxylic acids is 1. The highest BCUT2D eigenvalue weighted by Crippen LogP contribution is 2.40. The maximum atomic E-state index is 12.3. The molecule has 0 saturated heterocycles. The molecule has 1 aromatic heterocycles. The average Bonchev–Trinajstić information content (AvgIpc) is 3.25. The van der Waals surface area contributed by atoms with Crippen molar-refractivity contribution in [1.82, 2.24) is 10.5 Å². The lowest BCUT2D eigenvalue weighted by Crippen LogP contribution is -2.56. The highest BCUT2D eigenvalue weighted by Gasteiger charge is 2.43. The summed E-state index contributed by atoms with van der Waals surface area (Å²) >= 11 is 0. The van der Waals surface area contributed by atoms with Gasteiger partial charge in [-0.25, -0.2) is 4.79 Å². The molecule has 2 saturated carbocycles. The first-order chi connectivity index (χ1) is 10.5. The standard InChI is InChI=1S/C16H22N2O4/c1-2-10-5-7-16(8-6-10,15(20)21)17-14(19)12-9-13(22-18-12)11-3-4-11/h9-11H,2-8H2,1H3,(H,17,19)(H,20,21). The molecule has 0 aromatic carbocycles. The minimum atomic E-state index is -1.17. The van der Waals surface area contributed by atoms with Crippen molar-refractivity contribution in [3.63, 3.8) is 0 Å². The molecule has 6 nitrogen and oxygen atoms in total. The van der Waals surface area contributed by atoms with E-state index in [9.17, 15) is 14.7 Å². The van der Waals surface area contributed by atoms with Crippen molar-refractivity contribution in [2.24, 2.45) is 5.92 Å². The lowest BCUT2D eigenvalue weighted by Gasteiger charge is -2.37. The Labute approximate surface area is 129 Å². The van der Waals surface area contributed by atoms with Crippen LogP contribution < -0.4 is 5.32 Å². The Bertz CT molecular complexity index is 568. The van der Waals surface area contributed by atoms with Gasteiger partial charge >= 0.3 is 5.97 Å². The number of carbonyl (C=O) groups excluding carboxylic acids is 1. The lowest BCUT2D eigenvalue weighted by molar-refractivity contribution is -0.146. The molecule has 1 aromatic rings. The number of amides is 1. The molecule has 0 spiro atoms. The molecule has 22 heavy (non-hydrogen) atoms. The molecule has 2 aliphatic rings. The molecule has 3 rings (SSSR count). The Morgan fingerprint density at radius 2 is 2.05 bits per heavy atom. The van der Waals surface area contributed by atoms with E-state index in [1.54, 1.807) is 6.07 Å². The first-order valence-corrected chi connectivity index (χ1v) is 8.06. The molecule has 0 bridgehead atoms. The molecule has 1 amide bonds. The van der Waals surface area contributed by atoms with E-state index in [0.29, 0.717) is 24.7 Å². The molecule has 0 unspecified atom stereocenters. The smallest absolute Gasteiger partial charge is 0.329 e. The highest BCUT2D eigenvalue weighted by atomic mass is 16.5. The van der Waals surface area contributed by atoms with Crippen LogP contribution >= 0.6 is 0 Å². The summed E-state index contributed by atoms with van der Waals surface area (Å²) in [6, 6.07) is 1.64. The summed E-state index contributed by atoms with van der Waals surface area (Å²) < 4.78 is 5.17. The monoisotopic (exact) mass is 306 g/mol. The fourth-order valence-electron chi connectivity index (χ4n) is 3.21. The van der Waals surface area contributed by atoms with Crippen LogP contribution in [0.25, 0.3) is 0 Å². The molecule has 6 heteroatoms. The predicted molar refractivity (Wildman–Crippen MR) is 78.6 cm³/mol. The van der Waals surface area contributed by atoms with Crippen LogP contribution in [0.3, 0.4) is 0 Å². The van der Waals surface area contributed by atoms with Crippen molar-refractivity contribution in [2.45, 2.75) is 63.3 Å². The van der Waals surface area contributed by atoms with Crippen molar-refractivity contribution in [1.29, 1.82) is 0 Å². The second-order valence-corrected chi connectivity index (χ2v) is 6.58. The lowest BCUT2D eigenvalue weighted by atomic mass is 9.75. The first-order valence-electron chi connectivity index (χ1n) is 8.06. The quantitative estimate of drug-likeness (QED) is 0.872. The maximum absolute atomic E-state index is 12.3. The maximum Gasteiger partial charge on any atom is 0.329 e. The van der Waals surface area contributed by atoms with Crippen LogP contribution in [0.5, 0.6) is 0 Å². The minimum Gasteiger partial charge on any atom is -0.480 e. The normalized spacial score (nSPS) is 28.3. The second-order valence-electron chi connectivity index (χ2n) is 6.58. The molecule has 0 aliphatic heterocycles. The average molecular weight is 306 g/mol. The number of carbonyl (C=O) groups is 2. The van der Waals surface area contributed by atoms with Crippen LogP contribution in [0.4, 0.5) is 0 Å². The van der Waals surface area contributed by atoms with E-state index in [0.717, 1.165) is 37.9 Å². The van der Waals surface area contributed by atoms with Gasteiger partial charge in [0.25, 0.3) is 5.91 Å². The zero-order valence-corrected chi connectivity index (χ0v) is 12.8. The number of hydrogen-bond acceptors (Lipinski definition) is 4. The third-order valence-corrected chi connectivity index (χ3v) is 5.04. The van der Waals surface area contributed by atoms with Crippen molar-refractivity contribution in [3.05, 3.63) is 17.5 Å². The van der Waals surface area contributed by atoms with E-state index < -0.39 is 17.4 Å². The van der Waals surface area contributed by atoms with Crippen LogP contribution in [0.2, 0.25) is 0 Å². The molecule has 0 atom stereocenters. The summed E-state index contributed by atoms with van der Waals surface area (Å²) in [7, 11) is 0. The molecule has 2 N–H and O–H groups in total. The molecule has 2 fully saturated rings. The van der Waals surface area contributed by atoms with Gasteiger partial charge in [0, 0.05) is 12.0 Å². The highest BCUT2D eigenvalue weighted by molar-refractivity contribution is 5.96. The molecular formula is C16H22N2O4. The van der Waals surface area contributed by atoms with Crippen LogP contribution in [0.1, 0.15) is 74.0 Å². The zero-order valence-electron chi connectivity index (χ0n) is 12.8. The van der Waals surface area contributed by atoms with Gasteiger partial charge in [-0.05, 0) is 44.4 Å². The SMILES string of the molecule is CCC1CCC(NC(=O)c2cc(C3CC3)on2)(C(=O)O)CC1. The van der Waals surface area contributed by atoms with E-state index in [2.05, 4.69) is 17.4 Å². The van der Waals surface area contributed by atoms with Gasteiger partial charge in [-0.1, -0.05) is 18.5 Å². The number of aromatic nitrogens is 1. The van der Waals surface area contributed by atoms with Crippen LogP contribution in [-0.4, -0.2) is 27.7 Å². The van der Waals surface area contributed by atoms with Crippen molar-refractivity contribution in [3.8, 4) is 0 Å². The number of nitrogens with zero attached hydrogens (tertiary/aromatic N) is 1. The Kier molecular flexibility index (Phi) is 3.93.